The Morgan fingerprint density at radius 2 is 0.971 bits per heavy atom. The highest BCUT2D eigenvalue weighted by atomic mass is 16.5. The molecule has 172 valence electrons. The summed E-state index contributed by atoms with van der Waals surface area (Å²) < 4.78 is 6.59. The molecule has 5 rings (SSSR count). The zero-order chi connectivity index (χ0) is 24.3. The highest BCUT2D eigenvalue weighted by molar-refractivity contribution is 5.72. The molecule has 2 N–H and O–H groups in total. The van der Waals surface area contributed by atoms with Gasteiger partial charge >= 0.3 is 0 Å². The molecule has 0 aromatic heterocycles. The van der Waals surface area contributed by atoms with Crippen LogP contribution >= 0.6 is 0 Å². The summed E-state index contributed by atoms with van der Waals surface area (Å²) in [6, 6.07) is 18.9. The molecule has 0 saturated heterocycles. The topological polar surface area (TPSA) is 49.7 Å². The molecule has 0 atom stereocenters. The molecular weight excluding hydrogens is 420 g/mol. The first kappa shape index (κ1) is 22.1. The van der Waals surface area contributed by atoms with E-state index in [1.54, 1.807) is 0 Å². The molecule has 0 aliphatic carbocycles. The van der Waals surface area contributed by atoms with Gasteiger partial charge in [-0.1, -0.05) is 54.6 Å². The lowest BCUT2D eigenvalue weighted by Gasteiger charge is -2.35. The second-order valence-electron chi connectivity index (χ2n) is 9.46. The summed E-state index contributed by atoms with van der Waals surface area (Å²) in [6.07, 6.45) is 0. The van der Waals surface area contributed by atoms with Gasteiger partial charge < -0.3 is 14.9 Å². The third kappa shape index (κ3) is 3.11. The van der Waals surface area contributed by atoms with Crippen molar-refractivity contribution in [3.63, 3.8) is 0 Å². The maximum absolute atomic E-state index is 11.0. The summed E-state index contributed by atoms with van der Waals surface area (Å²) in [5, 5.41) is 21.9. The molecule has 0 fully saturated rings. The molecule has 0 radical (unpaired) electrons. The highest BCUT2D eigenvalue weighted by Gasteiger charge is 2.37. The molecule has 0 bridgehead atoms. The van der Waals surface area contributed by atoms with Gasteiger partial charge in [-0.15, -0.1) is 0 Å². The first-order valence-electron chi connectivity index (χ1n) is 11.7. The Bertz CT molecular complexity index is 1360. The summed E-state index contributed by atoms with van der Waals surface area (Å²) in [5.74, 6) is 2.06. The summed E-state index contributed by atoms with van der Waals surface area (Å²) in [5.41, 5.74) is 10.5. The summed E-state index contributed by atoms with van der Waals surface area (Å²) >= 11 is 0. The standard InChI is InChI=1S/C31H30O3/c1-16-18(3)30-25(20(5)28(16)32)27(26-21(6)29(33)17(2)19(4)31(26)34-30)24-14-12-23(13-15-24)22-10-8-7-9-11-22/h7-15,27,32-33H,1-6H3. The fourth-order valence-corrected chi connectivity index (χ4v) is 5.29. The number of hydrogen-bond acceptors (Lipinski definition) is 3. The van der Waals surface area contributed by atoms with Crippen molar-refractivity contribution in [3.8, 4) is 34.1 Å². The molecule has 4 aromatic rings. The number of benzene rings is 4. The number of hydrogen-bond donors (Lipinski definition) is 2. The number of aromatic hydroxyl groups is 2. The molecule has 34 heavy (non-hydrogen) atoms. The first-order chi connectivity index (χ1) is 16.2. The van der Waals surface area contributed by atoms with Crippen LogP contribution in [-0.2, 0) is 0 Å². The van der Waals surface area contributed by atoms with Crippen LogP contribution in [0.15, 0.2) is 54.6 Å². The van der Waals surface area contributed by atoms with Gasteiger partial charge in [0.15, 0.2) is 0 Å². The molecule has 0 unspecified atom stereocenters. The van der Waals surface area contributed by atoms with Gasteiger partial charge in [0, 0.05) is 17.0 Å². The van der Waals surface area contributed by atoms with Crippen LogP contribution in [0.5, 0.6) is 23.0 Å². The molecule has 3 nitrogen and oxygen atoms in total. The van der Waals surface area contributed by atoms with E-state index < -0.39 is 0 Å². The van der Waals surface area contributed by atoms with Crippen LogP contribution in [0.3, 0.4) is 0 Å². The Labute approximate surface area is 201 Å². The summed E-state index contributed by atoms with van der Waals surface area (Å²) in [4.78, 5) is 0. The van der Waals surface area contributed by atoms with E-state index in [9.17, 15) is 10.2 Å². The Kier molecular flexibility index (Phi) is 5.16. The van der Waals surface area contributed by atoms with Crippen LogP contribution in [0.25, 0.3) is 11.1 Å². The van der Waals surface area contributed by atoms with Gasteiger partial charge in [0.25, 0.3) is 0 Å². The van der Waals surface area contributed by atoms with Crippen LogP contribution < -0.4 is 4.74 Å². The van der Waals surface area contributed by atoms with E-state index in [2.05, 4.69) is 36.4 Å². The number of rotatable bonds is 2. The average Bonchev–Trinajstić information content (AvgIpc) is 2.87. The van der Waals surface area contributed by atoms with Crippen LogP contribution in [0.4, 0.5) is 0 Å². The molecule has 1 aliphatic heterocycles. The summed E-state index contributed by atoms with van der Waals surface area (Å²) in [7, 11) is 0. The van der Waals surface area contributed by atoms with Crippen molar-refractivity contribution in [1.29, 1.82) is 0 Å². The Hall–Kier alpha value is -3.72. The molecule has 0 saturated carbocycles. The largest absolute Gasteiger partial charge is 0.507 e. The third-order valence-electron chi connectivity index (χ3n) is 7.66. The van der Waals surface area contributed by atoms with Crippen molar-refractivity contribution in [2.75, 3.05) is 0 Å². The minimum atomic E-state index is -0.168. The van der Waals surface area contributed by atoms with E-state index in [-0.39, 0.29) is 5.92 Å². The van der Waals surface area contributed by atoms with Crippen molar-refractivity contribution >= 4 is 0 Å². The van der Waals surface area contributed by atoms with Crippen molar-refractivity contribution in [3.05, 3.63) is 105 Å². The lowest BCUT2D eigenvalue weighted by atomic mass is 9.75. The maximum Gasteiger partial charge on any atom is 0.135 e. The van der Waals surface area contributed by atoms with Crippen LogP contribution in [0.1, 0.15) is 56.0 Å². The van der Waals surface area contributed by atoms with Gasteiger partial charge in [0.2, 0.25) is 0 Å². The van der Waals surface area contributed by atoms with E-state index in [0.29, 0.717) is 11.5 Å². The number of fused-ring (bicyclic) bond motifs is 2. The van der Waals surface area contributed by atoms with Gasteiger partial charge in [-0.05, 0) is 91.6 Å². The van der Waals surface area contributed by atoms with E-state index in [1.807, 2.05) is 59.7 Å². The quantitative estimate of drug-likeness (QED) is 0.287. The third-order valence-corrected chi connectivity index (χ3v) is 7.66. The second-order valence-corrected chi connectivity index (χ2v) is 9.46. The van der Waals surface area contributed by atoms with Gasteiger partial charge in [-0.25, -0.2) is 0 Å². The zero-order valence-corrected chi connectivity index (χ0v) is 20.6. The normalized spacial score (nSPS) is 12.8. The Balaban J connectivity index is 1.81. The van der Waals surface area contributed by atoms with Crippen LogP contribution in [0.2, 0.25) is 0 Å². The minimum absolute atomic E-state index is 0.168. The lowest BCUT2D eigenvalue weighted by molar-refractivity contribution is 0.422. The highest BCUT2D eigenvalue weighted by Crippen LogP contribution is 2.56. The monoisotopic (exact) mass is 450 g/mol. The van der Waals surface area contributed by atoms with Crippen molar-refractivity contribution in [2.45, 2.75) is 47.5 Å². The second kappa shape index (κ2) is 7.95. The molecule has 1 aliphatic rings. The molecule has 0 spiro atoms. The fraction of sp³-hybridized carbons (Fsp3) is 0.226. The number of phenols is 2. The van der Waals surface area contributed by atoms with E-state index in [4.69, 9.17) is 4.74 Å². The molecule has 4 aromatic carbocycles. The van der Waals surface area contributed by atoms with Gasteiger partial charge in [0.1, 0.15) is 23.0 Å². The molecule has 3 heteroatoms. The van der Waals surface area contributed by atoms with Crippen molar-refractivity contribution in [1.82, 2.24) is 0 Å². The van der Waals surface area contributed by atoms with E-state index in [1.165, 1.54) is 5.56 Å². The van der Waals surface area contributed by atoms with Crippen LogP contribution in [0, 0.1) is 41.5 Å². The fourth-order valence-electron chi connectivity index (χ4n) is 5.29. The maximum atomic E-state index is 11.0. The smallest absolute Gasteiger partial charge is 0.135 e. The SMILES string of the molecule is Cc1c(C)c2c(c(C)c1O)C(c1ccc(-c3ccccc3)cc1)c1c(C)c(O)c(C)c(C)c1O2. The predicted octanol–water partition coefficient (Wildman–Crippen LogP) is 7.90. The van der Waals surface area contributed by atoms with Crippen molar-refractivity contribution < 1.29 is 14.9 Å². The number of ether oxygens (including phenoxy) is 1. The lowest BCUT2D eigenvalue weighted by Crippen LogP contribution is -2.17. The van der Waals surface area contributed by atoms with Crippen molar-refractivity contribution in [2.24, 2.45) is 0 Å². The Morgan fingerprint density at radius 1 is 0.529 bits per heavy atom. The summed E-state index contributed by atoms with van der Waals surface area (Å²) in [6.45, 7) is 11.8. The Morgan fingerprint density at radius 3 is 1.44 bits per heavy atom. The minimum Gasteiger partial charge on any atom is -0.507 e. The molecular formula is C31H30O3. The van der Waals surface area contributed by atoms with Gasteiger partial charge in [0.05, 0.1) is 0 Å². The molecule has 0 amide bonds. The van der Waals surface area contributed by atoms with E-state index in [0.717, 1.165) is 67.1 Å². The number of phenolic OH excluding ortho intramolecular Hbond substituents is 2. The first-order valence-corrected chi connectivity index (χ1v) is 11.7. The predicted molar refractivity (Wildman–Crippen MR) is 138 cm³/mol. The zero-order valence-electron chi connectivity index (χ0n) is 20.6. The average molecular weight is 451 g/mol. The van der Waals surface area contributed by atoms with Gasteiger partial charge in [-0.2, -0.15) is 0 Å². The van der Waals surface area contributed by atoms with Gasteiger partial charge in [-0.3, -0.25) is 0 Å². The van der Waals surface area contributed by atoms with Crippen LogP contribution in [-0.4, -0.2) is 10.2 Å². The van der Waals surface area contributed by atoms with E-state index >= 15 is 0 Å². The molecule has 1 heterocycles.